The third kappa shape index (κ3) is 67.1. The highest BCUT2D eigenvalue weighted by Crippen LogP contribution is 2.43. The number of unbranched alkanes of at least 4 members (excludes halogenated alkanes) is 44. The summed E-state index contributed by atoms with van der Waals surface area (Å²) in [5.74, 6) is -0.791. The minimum atomic E-state index is -4.39. The van der Waals surface area contributed by atoms with E-state index in [4.69, 9.17) is 18.5 Å². The molecule has 9 nitrogen and oxygen atoms in total. The number of hydrogen-bond donors (Lipinski definition) is 1. The monoisotopic (exact) mass is 1180 g/mol. The Balaban J connectivity index is 3.87. The topological polar surface area (TPSA) is 108 Å². The fraction of sp³-hybridized carbons (Fsp3) is 0.861. The summed E-state index contributed by atoms with van der Waals surface area (Å²) in [4.78, 5) is 35.8. The third-order valence-electron chi connectivity index (χ3n) is 15.8. The van der Waals surface area contributed by atoms with Crippen molar-refractivity contribution in [2.24, 2.45) is 0 Å². The number of esters is 2. The molecule has 0 aliphatic rings. The first-order chi connectivity index (χ1) is 40.0. The van der Waals surface area contributed by atoms with Crippen LogP contribution in [0, 0.1) is 0 Å². The van der Waals surface area contributed by atoms with Crippen LogP contribution < -0.4 is 0 Å². The molecule has 0 aromatic heterocycles. The van der Waals surface area contributed by atoms with Gasteiger partial charge in [-0.05, 0) is 77.0 Å². The maximum Gasteiger partial charge on any atom is 0.472 e. The average Bonchev–Trinajstić information content (AvgIpc) is 3.44. The van der Waals surface area contributed by atoms with Crippen LogP contribution in [0.1, 0.15) is 348 Å². The molecule has 0 aromatic carbocycles. The van der Waals surface area contributed by atoms with Crippen molar-refractivity contribution < 1.29 is 42.1 Å². The number of rotatable bonds is 66. The number of quaternary nitrogens is 1. The molecule has 0 bridgehead atoms. The van der Waals surface area contributed by atoms with Gasteiger partial charge in [-0.1, -0.05) is 306 Å². The predicted octanol–water partition coefficient (Wildman–Crippen LogP) is 22.8. The summed E-state index contributed by atoms with van der Waals surface area (Å²) in [6, 6.07) is 0. The minimum absolute atomic E-state index is 0.0318. The molecule has 0 amide bonds. The van der Waals surface area contributed by atoms with E-state index in [9.17, 15) is 19.0 Å². The van der Waals surface area contributed by atoms with E-state index < -0.39 is 26.5 Å². The van der Waals surface area contributed by atoms with E-state index >= 15 is 0 Å². The van der Waals surface area contributed by atoms with Gasteiger partial charge in [-0.3, -0.25) is 18.6 Å². The average molecular weight is 1180 g/mol. The summed E-state index contributed by atoms with van der Waals surface area (Å²) >= 11 is 0. The van der Waals surface area contributed by atoms with E-state index in [2.05, 4.69) is 62.5 Å². The van der Waals surface area contributed by atoms with E-state index in [0.717, 1.165) is 57.8 Å². The van der Waals surface area contributed by atoms with Gasteiger partial charge in [0.2, 0.25) is 0 Å². The van der Waals surface area contributed by atoms with Crippen molar-refractivity contribution in [1.29, 1.82) is 0 Å². The van der Waals surface area contributed by atoms with Crippen LogP contribution in [0.25, 0.3) is 0 Å². The van der Waals surface area contributed by atoms with Crippen LogP contribution in [0.3, 0.4) is 0 Å². The zero-order valence-electron chi connectivity index (χ0n) is 55.0. The van der Waals surface area contributed by atoms with Crippen LogP contribution in [0.15, 0.2) is 48.6 Å². The normalized spacial score (nSPS) is 13.4. The first kappa shape index (κ1) is 80.0. The molecule has 10 heteroatoms. The zero-order chi connectivity index (χ0) is 59.8. The second kappa shape index (κ2) is 63.5. The van der Waals surface area contributed by atoms with Crippen molar-refractivity contribution in [2.75, 3.05) is 47.5 Å². The number of ether oxygens (including phenoxy) is 2. The van der Waals surface area contributed by atoms with Gasteiger partial charge in [0, 0.05) is 12.8 Å². The molecular weight excluding hydrogens is 1040 g/mol. The standard InChI is InChI=1S/C72H136NO8P/c1-6-8-10-12-14-16-18-20-22-24-25-26-27-28-29-30-31-32-33-34-35-36-37-38-39-40-41-42-43-44-45-46-47-49-51-53-55-57-59-61-63-65-72(75)81-70(69-80-82(76,77)79-67-66-73(3,4)5)68-78-71(74)64-62-60-58-56-54-52-50-48-23-21-19-17-15-13-11-9-7-2/h15,17-18,20-21,23-25,70H,6-14,16,19,22,26-69H2,1-5H3/p+1/b17-15-,20-18-,23-21-,25-24-. The quantitative estimate of drug-likeness (QED) is 0.0211. The van der Waals surface area contributed by atoms with Crippen molar-refractivity contribution in [1.82, 2.24) is 0 Å². The maximum atomic E-state index is 12.9. The summed E-state index contributed by atoms with van der Waals surface area (Å²) in [6.07, 6.45) is 82.4. The van der Waals surface area contributed by atoms with Crippen LogP contribution in [0.2, 0.25) is 0 Å². The second-order valence-electron chi connectivity index (χ2n) is 25.3. The van der Waals surface area contributed by atoms with Crippen LogP contribution in [-0.2, 0) is 32.7 Å². The minimum Gasteiger partial charge on any atom is -0.462 e. The molecule has 0 fully saturated rings. The molecule has 0 aliphatic carbocycles. The van der Waals surface area contributed by atoms with Gasteiger partial charge in [0.15, 0.2) is 6.10 Å². The van der Waals surface area contributed by atoms with Crippen LogP contribution in [0.5, 0.6) is 0 Å². The summed E-state index contributed by atoms with van der Waals surface area (Å²) in [5.41, 5.74) is 0. The Hall–Kier alpha value is -2.03. The predicted molar refractivity (Wildman–Crippen MR) is 353 cm³/mol. The van der Waals surface area contributed by atoms with Crippen molar-refractivity contribution in [2.45, 2.75) is 354 Å². The Morgan fingerprint density at radius 1 is 0.378 bits per heavy atom. The van der Waals surface area contributed by atoms with E-state index in [-0.39, 0.29) is 32.0 Å². The molecule has 2 atom stereocenters. The summed E-state index contributed by atoms with van der Waals surface area (Å²) < 4.78 is 34.7. The fourth-order valence-electron chi connectivity index (χ4n) is 10.4. The van der Waals surface area contributed by atoms with E-state index in [1.807, 2.05) is 21.1 Å². The lowest BCUT2D eigenvalue weighted by Crippen LogP contribution is -2.37. The Labute approximate surface area is 509 Å². The lowest BCUT2D eigenvalue weighted by molar-refractivity contribution is -0.870. The van der Waals surface area contributed by atoms with Crippen molar-refractivity contribution >= 4 is 19.8 Å². The van der Waals surface area contributed by atoms with Gasteiger partial charge in [-0.2, -0.15) is 0 Å². The molecule has 0 saturated carbocycles. The van der Waals surface area contributed by atoms with Crippen molar-refractivity contribution in [3.63, 3.8) is 0 Å². The Kier molecular flexibility index (Phi) is 61.9. The van der Waals surface area contributed by atoms with Crippen molar-refractivity contribution in [3.8, 4) is 0 Å². The van der Waals surface area contributed by atoms with Crippen molar-refractivity contribution in [3.05, 3.63) is 48.6 Å². The number of carbonyl (C=O) groups excluding carboxylic acids is 2. The van der Waals surface area contributed by atoms with Crippen LogP contribution >= 0.6 is 7.82 Å². The molecule has 0 spiro atoms. The molecule has 0 saturated heterocycles. The molecule has 0 aromatic rings. The molecule has 0 radical (unpaired) electrons. The number of phosphoric acid groups is 1. The number of likely N-dealkylation sites (N-methyl/N-ethyl adjacent to an activating group) is 1. The van der Waals surface area contributed by atoms with Gasteiger partial charge in [0.25, 0.3) is 0 Å². The summed E-state index contributed by atoms with van der Waals surface area (Å²) in [5, 5.41) is 0. The third-order valence-corrected chi connectivity index (χ3v) is 16.8. The highest BCUT2D eigenvalue weighted by molar-refractivity contribution is 7.47. The number of allylic oxidation sites excluding steroid dienone is 8. The first-order valence-electron chi connectivity index (χ1n) is 35.4. The number of phosphoric ester groups is 1. The second-order valence-corrected chi connectivity index (χ2v) is 26.7. The van der Waals surface area contributed by atoms with E-state index in [1.165, 1.54) is 257 Å². The molecule has 0 aliphatic heterocycles. The first-order valence-corrected chi connectivity index (χ1v) is 36.9. The molecule has 0 rings (SSSR count). The number of carbonyl (C=O) groups is 2. The molecule has 0 heterocycles. The van der Waals surface area contributed by atoms with Gasteiger partial charge in [-0.15, -0.1) is 0 Å². The van der Waals surface area contributed by atoms with Gasteiger partial charge < -0.3 is 18.9 Å². The Bertz CT molecular complexity index is 1520. The zero-order valence-corrected chi connectivity index (χ0v) is 55.9. The highest BCUT2D eigenvalue weighted by Gasteiger charge is 2.27. The van der Waals surface area contributed by atoms with Crippen LogP contribution in [0.4, 0.5) is 0 Å². The molecule has 482 valence electrons. The highest BCUT2D eigenvalue weighted by atomic mass is 31.2. The smallest absolute Gasteiger partial charge is 0.462 e. The number of hydrogen-bond acceptors (Lipinski definition) is 7. The SMILES string of the molecule is CCCCC/C=C\C/C=C\CCCCCCCCCC(=O)OCC(COP(=O)(O)OCC[N+](C)(C)C)OC(=O)CCCCCCCCCCCCCCCCCCCCCCCCCCCCCCC/C=C\C/C=C\CCCCCCC. The molecule has 2 unspecified atom stereocenters. The fourth-order valence-corrected chi connectivity index (χ4v) is 11.1. The van der Waals surface area contributed by atoms with Gasteiger partial charge in [-0.25, -0.2) is 4.57 Å². The molecular formula is C72H137NO8P+. The Morgan fingerprint density at radius 2 is 0.659 bits per heavy atom. The lowest BCUT2D eigenvalue weighted by Gasteiger charge is -2.24. The van der Waals surface area contributed by atoms with Gasteiger partial charge in [0.1, 0.15) is 19.8 Å². The van der Waals surface area contributed by atoms with Gasteiger partial charge in [0.05, 0.1) is 27.7 Å². The summed E-state index contributed by atoms with van der Waals surface area (Å²) in [6.45, 7) is 4.43. The molecule has 1 N–H and O–H groups in total. The molecule has 82 heavy (non-hydrogen) atoms. The Morgan fingerprint density at radius 3 is 0.988 bits per heavy atom. The van der Waals surface area contributed by atoms with E-state index in [1.54, 1.807) is 0 Å². The van der Waals surface area contributed by atoms with Gasteiger partial charge >= 0.3 is 19.8 Å². The van der Waals surface area contributed by atoms with E-state index in [0.29, 0.717) is 17.4 Å². The largest absolute Gasteiger partial charge is 0.472 e. The van der Waals surface area contributed by atoms with Crippen LogP contribution in [-0.4, -0.2) is 74.9 Å². The number of nitrogens with zero attached hydrogens (tertiary/aromatic N) is 1. The lowest BCUT2D eigenvalue weighted by atomic mass is 10.0. The maximum absolute atomic E-state index is 12.9. The summed E-state index contributed by atoms with van der Waals surface area (Å²) in [7, 11) is 1.49.